The molecule has 50 heteroatoms. The lowest BCUT2D eigenvalue weighted by Crippen LogP contribution is -2.69. The van der Waals surface area contributed by atoms with Crippen LogP contribution in [-0.4, -0.2) is 526 Å². The van der Waals surface area contributed by atoms with Gasteiger partial charge in [0.15, 0.2) is 62.9 Å². The lowest BCUT2D eigenvalue weighted by molar-refractivity contribution is -0.406. The maximum atomic E-state index is 12.0. The Balaban J connectivity index is 0.901. The summed E-state index contributed by atoms with van der Waals surface area (Å²) in [5, 5.41) is 335. The topological polar surface area (TPSA) is 792 Å². The second kappa shape index (κ2) is 37.9. The monoisotopic (exact) mass is 1620 g/mol. The van der Waals surface area contributed by atoms with Crippen LogP contribution in [0.5, 0.6) is 0 Å². The van der Waals surface area contributed by atoms with Gasteiger partial charge < -0.3 is 248 Å². The predicted octanol–water partition coefficient (Wildman–Crippen LogP) is -21.8. The van der Waals surface area contributed by atoms with Gasteiger partial charge in [-0.3, -0.25) is 0 Å². The Labute approximate surface area is 619 Å². The van der Waals surface area contributed by atoms with E-state index in [9.17, 15) is 153 Å². The van der Waals surface area contributed by atoms with Gasteiger partial charge in [0.1, 0.15) is 244 Å². The molecule has 32 heterocycles. The molecular weight excluding hydrogens is 1520 g/mol. The summed E-state index contributed by atoms with van der Waals surface area (Å²) in [5.74, 6) is 0. The largest absolute Gasteiger partial charge is 0.394 e. The first-order chi connectivity index (χ1) is 52.3. The van der Waals surface area contributed by atoms with Crippen LogP contribution in [-0.2, 0) is 94.7 Å². The molecule has 0 spiro atoms. The van der Waals surface area contributed by atoms with Crippen molar-refractivity contribution in [3.8, 4) is 0 Å². The molecule has 32 fully saturated rings. The fourth-order valence-electron chi connectivity index (χ4n) is 14.7. The van der Waals surface area contributed by atoms with Gasteiger partial charge in [0.05, 0.1) is 66.1 Å². The molecule has 32 aliphatic heterocycles. The van der Waals surface area contributed by atoms with E-state index in [1.54, 1.807) is 0 Å². The zero-order valence-corrected chi connectivity index (χ0v) is 57.5. The zero-order chi connectivity index (χ0) is 80.1. The van der Waals surface area contributed by atoms with Gasteiger partial charge in [0.25, 0.3) is 0 Å². The molecule has 2 unspecified atom stereocenters. The van der Waals surface area contributed by atoms with Gasteiger partial charge in [-0.2, -0.15) is 0 Å². The van der Waals surface area contributed by atoms with Crippen molar-refractivity contribution in [2.75, 3.05) is 66.1 Å². The Morgan fingerprint density at radius 3 is 0.464 bits per heavy atom. The number of hydrogen-bond acceptors (Lipinski definition) is 50. The fourth-order valence-corrected chi connectivity index (χ4v) is 14.7. The molecule has 32 saturated heterocycles. The second-order valence-electron chi connectivity index (χ2n) is 28.2. The average Bonchev–Trinajstić information content (AvgIpc) is 0.775. The Kier molecular flexibility index (Phi) is 30.6. The van der Waals surface area contributed by atoms with Crippen molar-refractivity contribution in [1.82, 2.24) is 0 Å². The first-order valence-corrected chi connectivity index (χ1v) is 35.2. The minimum atomic E-state index is -2.47. The Hall–Kier alpha value is -2.00. The van der Waals surface area contributed by atoms with Crippen LogP contribution in [0, 0.1) is 0 Å². The van der Waals surface area contributed by atoms with Gasteiger partial charge >= 0.3 is 0 Å². The average molecular weight is 1620 g/mol. The van der Waals surface area contributed by atoms with E-state index in [0.717, 1.165) is 0 Å². The third kappa shape index (κ3) is 17.8. The highest BCUT2D eigenvalue weighted by atomic mass is 16.8. The summed E-state index contributed by atoms with van der Waals surface area (Å²) in [6.45, 7) is -11.1. The summed E-state index contributed by atoms with van der Waals surface area (Å²) in [4.78, 5) is 0. The maximum absolute atomic E-state index is 12.0. The van der Waals surface area contributed by atoms with Crippen molar-refractivity contribution in [3.63, 3.8) is 0 Å². The van der Waals surface area contributed by atoms with E-state index in [0.29, 0.717) is 0 Å². The van der Waals surface area contributed by atoms with Gasteiger partial charge in [-0.05, 0) is 0 Å². The normalized spacial score (nSPS) is 55.1. The molecule has 50 atom stereocenters. The summed E-state index contributed by atoms with van der Waals surface area (Å²) in [7, 11) is 0. The SMILES string of the molecule is OC[C@H]1OC(OC[C@H]2O[C@@H]3O[C@H]4[C@H](O)[C@@H](O)[C@@H](O[C@H]5[C@H](O)[C@@H](O)[C@@H](O[C@H]6[C@H](O)[C@@H](O)[C@@H](O[C@H]7[C@H](O)[C@@H](O)[C@@H](O[C@H]8[C@H](O)[C@@H](O)[C@@H](O[C@H]9[C@H](O)[C@@H](O)[C@@H](O[C@H]%10[C@H](O)[C@@H](O)[C@@H](O[C@H]2[C@H](O)[C@H]3O)O[C@@H]%10CO)O[C@@H]9COC2O[C@H](CO)[C@H](O)[C@H](O)[C@H]2O)O[C@@H]8CO)O[C@@H]7CO)O[C@@H]6CO)O[C@@H]5CO)O[C@@H]4CO)[C@H](O)[C@@H](O)[C@H]1O. The maximum Gasteiger partial charge on any atom is 0.187 e. The van der Waals surface area contributed by atoms with Gasteiger partial charge in [0, 0.05) is 0 Å². The van der Waals surface area contributed by atoms with E-state index in [4.69, 9.17) is 94.7 Å². The van der Waals surface area contributed by atoms with Crippen molar-refractivity contribution in [1.29, 1.82) is 0 Å². The van der Waals surface area contributed by atoms with Crippen LogP contribution in [0.3, 0.4) is 0 Å². The number of ether oxygens (including phenoxy) is 20. The quantitative estimate of drug-likeness (QED) is 0.0768. The van der Waals surface area contributed by atoms with E-state index >= 15 is 0 Å². The molecule has 0 aromatic carbocycles. The first-order valence-electron chi connectivity index (χ1n) is 35.2. The highest BCUT2D eigenvalue weighted by Gasteiger charge is 2.62. The van der Waals surface area contributed by atoms with Gasteiger partial charge in [-0.15, -0.1) is 0 Å². The van der Waals surface area contributed by atoms with Crippen LogP contribution >= 0.6 is 0 Å². The molecule has 16 bridgehead atoms. The molecule has 32 aliphatic rings. The predicted molar refractivity (Wildman–Crippen MR) is 326 cm³/mol. The molecule has 640 valence electrons. The van der Waals surface area contributed by atoms with E-state index in [-0.39, 0.29) is 0 Å². The smallest absolute Gasteiger partial charge is 0.187 e. The van der Waals surface area contributed by atoms with Gasteiger partial charge in [-0.25, -0.2) is 0 Å². The fraction of sp³-hybridized carbons (Fsp3) is 1.00. The number of aliphatic hydroxyl groups excluding tert-OH is 30. The Bertz CT molecular complexity index is 2750. The van der Waals surface area contributed by atoms with Crippen LogP contribution in [0.1, 0.15) is 0 Å². The van der Waals surface area contributed by atoms with Crippen LogP contribution in [0.25, 0.3) is 0 Å². The molecule has 32 rings (SSSR count). The number of rotatable bonds is 14. The van der Waals surface area contributed by atoms with Crippen LogP contribution in [0.15, 0.2) is 0 Å². The molecule has 0 aromatic rings. The lowest BCUT2D eigenvalue weighted by Gasteiger charge is -2.51. The summed E-state index contributed by atoms with van der Waals surface area (Å²) in [6.07, 6.45) is -107. The molecular formula is C60H100O50. The number of hydrogen-bond donors (Lipinski definition) is 30. The third-order valence-electron chi connectivity index (χ3n) is 21.1. The Morgan fingerprint density at radius 2 is 0.300 bits per heavy atom. The molecule has 0 amide bonds. The first kappa shape index (κ1) is 88.8. The van der Waals surface area contributed by atoms with Crippen molar-refractivity contribution in [3.05, 3.63) is 0 Å². The van der Waals surface area contributed by atoms with Crippen molar-refractivity contribution >= 4 is 0 Å². The molecule has 110 heavy (non-hydrogen) atoms. The van der Waals surface area contributed by atoms with Crippen molar-refractivity contribution in [2.24, 2.45) is 0 Å². The third-order valence-corrected chi connectivity index (χ3v) is 21.1. The highest BCUT2D eigenvalue weighted by Crippen LogP contribution is 2.41. The minimum Gasteiger partial charge on any atom is -0.394 e. The summed E-state index contributed by atoms with van der Waals surface area (Å²) >= 11 is 0. The molecule has 0 aliphatic carbocycles. The van der Waals surface area contributed by atoms with Crippen LogP contribution in [0.4, 0.5) is 0 Å². The van der Waals surface area contributed by atoms with Gasteiger partial charge in [-0.1, -0.05) is 0 Å². The van der Waals surface area contributed by atoms with Crippen LogP contribution in [0.2, 0.25) is 0 Å². The summed E-state index contributed by atoms with van der Waals surface area (Å²) < 4.78 is 116. The zero-order valence-electron chi connectivity index (χ0n) is 57.5. The summed E-state index contributed by atoms with van der Waals surface area (Å²) in [6, 6.07) is 0. The van der Waals surface area contributed by atoms with E-state index < -0.39 is 373 Å². The second-order valence-corrected chi connectivity index (χ2v) is 28.2. The van der Waals surface area contributed by atoms with E-state index in [1.165, 1.54) is 0 Å². The lowest BCUT2D eigenvalue weighted by atomic mass is 9.94. The molecule has 0 aromatic heterocycles. The number of aliphatic hydroxyl groups is 30. The minimum absolute atomic E-state index is 0.970. The van der Waals surface area contributed by atoms with E-state index in [1.807, 2.05) is 0 Å². The Morgan fingerprint density at radius 1 is 0.145 bits per heavy atom. The summed E-state index contributed by atoms with van der Waals surface area (Å²) in [5.41, 5.74) is 0. The van der Waals surface area contributed by atoms with Crippen LogP contribution < -0.4 is 0 Å². The molecule has 30 N–H and O–H groups in total. The molecule has 0 radical (unpaired) electrons. The van der Waals surface area contributed by atoms with Crippen molar-refractivity contribution < 1.29 is 248 Å². The molecule has 0 saturated carbocycles. The highest BCUT2D eigenvalue weighted by molar-refractivity contribution is 5.04. The van der Waals surface area contributed by atoms with E-state index in [2.05, 4.69) is 0 Å². The van der Waals surface area contributed by atoms with Crippen molar-refractivity contribution in [2.45, 2.75) is 307 Å². The molecule has 50 nitrogen and oxygen atoms in total. The van der Waals surface area contributed by atoms with Gasteiger partial charge in [0.2, 0.25) is 0 Å². The standard InChI is InChI=1S/C60H100O50/c61-1-11-21(69)23(71)33(81)51(93-11)91-9-19-49-32(80)42(90)60(102-19)108-48-18(8-68)100-58(40(88)30(48)78)110-50-20(10-92-52-34(82)24(72)22(70)12(2-62)94-52)101-59(41(89)31(50)79)107-47-17(7-67)98-56(38(86)28(47)76)105-45-15(5-65)96-54(36(84)26(45)74)103-43-13(3-63)95-53(35(83)25(43)73)104-44-14(4-64)97-55(37(85)27(44)75)106-46-16(6-66)99-57(109-49)39(87)29(46)77/h11-90H,1-10H2/t11-,12-,13-,14-,15-,16-,17-,18-,19-,20-,21+,22+,23+,24+,25-,26-,27-,28-,29-,30-,31-,32-,33-,34-,35-,36-,37-,38-,39-,40-,41-,42-,43-,44-,45-,46-,47-,48-,49-,50-,51?,52?,53-,54-,55-,56-,57-,58-,59-,60-/m1/s1.